The Morgan fingerprint density at radius 3 is 2.23 bits per heavy atom. The maximum absolute atomic E-state index is 5.68. The highest BCUT2D eigenvalue weighted by atomic mass is 15.3. The van der Waals surface area contributed by atoms with E-state index in [2.05, 4.69) is 39.7 Å². The molecule has 0 aliphatic carbocycles. The first-order valence-electron chi connectivity index (χ1n) is 4.68. The monoisotopic (exact) mass is 181 g/mol. The first kappa shape index (κ1) is 10.1. The molecule has 0 aliphatic rings. The van der Waals surface area contributed by atoms with E-state index in [1.54, 1.807) is 0 Å². The lowest BCUT2D eigenvalue weighted by atomic mass is 9.92. The fourth-order valence-corrected chi connectivity index (χ4v) is 1.37. The third-order valence-electron chi connectivity index (χ3n) is 2.01. The van der Waals surface area contributed by atoms with E-state index < -0.39 is 0 Å². The van der Waals surface area contributed by atoms with Gasteiger partial charge in [0.05, 0.1) is 0 Å². The number of nitrogens with zero attached hydrogens (tertiary/aromatic N) is 2. The van der Waals surface area contributed by atoms with Gasteiger partial charge in [-0.15, -0.1) is 0 Å². The van der Waals surface area contributed by atoms with Crippen LogP contribution in [0.3, 0.4) is 0 Å². The van der Waals surface area contributed by atoms with E-state index in [4.69, 9.17) is 5.73 Å². The second kappa shape index (κ2) is 3.05. The molecule has 1 rings (SSSR count). The molecule has 3 nitrogen and oxygen atoms in total. The van der Waals surface area contributed by atoms with Crippen LogP contribution >= 0.6 is 0 Å². The van der Waals surface area contributed by atoms with Crippen LogP contribution in [0.4, 0.5) is 5.82 Å². The third kappa shape index (κ3) is 2.02. The van der Waals surface area contributed by atoms with Gasteiger partial charge in [-0.25, -0.2) is 0 Å². The largest absolute Gasteiger partial charge is 0.382 e. The Balaban J connectivity index is 3.20. The quantitative estimate of drug-likeness (QED) is 0.722. The lowest BCUT2D eigenvalue weighted by Crippen LogP contribution is -2.19. The van der Waals surface area contributed by atoms with Crippen molar-refractivity contribution in [2.24, 2.45) is 0 Å². The summed E-state index contributed by atoms with van der Waals surface area (Å²) < 4.78 is 2.00. The fourth-order valence-electron chi connectivity index (χ4n) is 1.37. The van der Waals surface area contributed by atoms with Gasteiger partial charge in [0.15, 0.2) is 0 Å². The number of anilines is 1. The van der Waals surface area contributed by atoms with Crippen molar-refractivity contribution >= 4 is 5.82 Å². The maximum atomic E-state index is 5.68. The van der Waals surface area contributed by atoms with Gasteiger partial charge >= 0.3 is 0 Å². The molecular formula is C10H19N3. The van der Waals surface area contributed by atoms with Gasteiger partial charge in [0.1, 0.15) is 5.82 Å². The van der Waals surface area contributed by atoms with Crippen molar-refractivity contribution in [2.75, 3.05) is 5.73 Å². The van der Waals surface area contributed by atoms with Crippen LogP contribution < -0.4 is 5.73 Å². The lowest BCUT2D eigenvalue weighted by Gasteiger charge is -2.21. The highest BCUT2D eigenvalue weighted by Gasteiger charge is 2.21. The minimum Gasteiger partial charge on any atom is -0.382 e. The summed E-state index contributed by atoms with van der Waals surface area (Å²) in [5.41, 5.74) is 6.98. The molecule has 3 heteroatoms. The summed E-state index contributed by atoms with van der Waals surface area (Å²) in [7, 11) is 0. The van der Waals surface area contributed by atoms with Crippen molar-refractivity contribution in [3.8, 4) is 0 Å². The van der Waals surface area contributed by atoms with Crippen LogP contribution in [0.5, 0.6) is 0 Å². The SMILES string of the molecule is CC(C)n1nc(N)cc1C(C)(C)C. The molecular weight excluding hydrogens is 162 g/mol. The van der Waals surface area contributed by atoms with Crippen LogP contribution in [0.25, 0.3) is 0 Å². The number of rotatable bonds is 1. The molecule has 0 spiro atoms. The minimum atomic E-state index is 0.106. The highest BCUT2D eigenvalue weighted by molar-refractivity contribution is 5.33. The van der Waals surface area contributed by atoms with Gasteiger partial charge in [-0.1, -0.05) is 20.8 Å². The summed E-state index contributed by atoms with van der Waals surface area (Å²) >= 11 is 0. The summed E-state index contributed by atoms with van der Waals surface area (Å²) in [6.45, 7) is 10.7. The normalized spacial score (nSPS) is 12.5. The summed E-state index contributed by atoms with van der Waals surface area (Å²) in [5.74, 6) is 0.610. The van der Waals surface area contributed by atoms with Gasteiger partial charge in [-0.3, -0.25) is 4.68 Å². The summed E-state index contributed by atoms with van der Waals surface area (Å²) in [4.78, 5) is 0. The Hall–Kier alpha value is -0.990. The van der Waals surface area contributed by atoms with E-state index in [-0.39, 0.29) is 5.41 Å². The Morgan fingerprint density at radius 1 is 1.38 bits per heavy atom. The average molecular weight is 181 g/mol. The number of aromatic nitrogens is 2. The molecule has 0 atom stereocenters. The van der Waals surface area contributed by atoms with E-state index in [9.17, 15) is 0 Å². The molecule has 1 aromatic rings. The van der Waals surface area contributed by atoms with E-state index in [0.29, 0.717) is 11.9 Å². The molecule has 0 saturated carbocycles. The molecule has 74 valence electrons. The Kier molecular flexibility index (Phi) is 2.37. The Labute approximate surface area is 79.9 Å². The number of hydrogen-bond acceptors (Lipinski definition) is 2. The molecule has 0 saturated heterocycles. The molecule has 2 N–H and O–H groups in total. The zero-order valence-electron chi connectivity index (χ0n) is 9.13. The van der Waals surface area contributed by atoms with Crippen LogP contribution in [0.2, 0.25) is 0 Å². The van der Waals surface area contributed by atoms with Gasteiger partial charge in [0.25, 0.3) is 0 Å². The molecule has 13 heavy (non-hydrogen) atoms. The van der Waals surface area contributed by atoms with Gasteiger partial charge in [-0.2, -0.15) is 5.10 Å². The molecule has 1 heterocycles. The van der Waals surface area contributed by atoms with Crippen LogP contribution in [-0.4, -0.2) is 9.78 Å². The van der Waals surface area contributed by atoms with Crippen LogP contribution in [-0.2, 0) is 5.41 Å². The van der Waals surface area contributed by atoms with E-state index in [0.717, 1.165) is 0 Å². The first-order valence-corrected chi connectivity index (χ1v) is 4.68. The Bertz CT molecular complexity index is 292. The Morgan fingerprint density at radius 2 is 1.92 bits per heavy atom. The van der Waals surface area contributed by atoms with Crippen molar-refractivity contribution in [3.63, 3.8) is 0 Å². The molecule has 0 unspecified atom stereocenters. The second-order valence-electron chi connectivity index (χ2n) is 4.74. The molecule has 0 aliphatic heterocycles. The molecule has 0 fully saturated rings. The molecule has 0 aromatic carbocycles. The molecule has 0 bridgehead atoms. The van der Waals surface area contributed by atoms with Crippen LogP contribution in [0, 0.1) is 0 Å². The van der Waals surface area contributed by atoms with Gasteiger partial charge in [0.2, 0.25) is 0 Å². The minimum absolute atomic E-state index is 0.106. The number of nitrogens with two attached hydrogens (primary N) is 1. The van der Waals surface area contributed by atoms with Gasteiger partial charge < -0.3 is 5.73 Å². The fraction of sp³-hybridized carbons (Fsp3) is 0.700. The van der Waals surface area contributed by atoms with Gasteiger partial charge in [0, 0.05) is 23.2 Å². The topological polar surface area (TPSA) is 43.8 Å². The first-order chi connectivity index (χ1) is 5.82. The van der Waals surface area contributed by atoms with Crippen LogP contribution in [0.15, 0.2) is 6.07 Å². The molecule has 0 radical (unpaired) electrons. The van der Waals surface area contributed by atoms with Crippen molar-refractivity contribution in [1.82, 2.24) is 9.78 Å². The summed E-state index contributed by atoms with van der Waals surface area (Å²) in [6, 6.07) is 2.33. The van der Waals surface area contributed by atoms with E-state index in [1.165, 1.54) is 5.69 Å². The average Bonchev–Trinajstić information content (AvgIpc) is 2.29. The van der Waals surface area contributed by atoms with Crippen LogP contribution in [0.1, 0.15) is 46.4 Å². The maximum Gasteiger partial charge on any atom is 0.145 e. The standard InChI is InChI=1S/C10H19N3/c1-7(2)13-8(10(3,4)5)6-9(11)12-13/h6-7H,1-5H3,(H2,11,12). The van der Waals surface area contributed by atoms with Gasteiger partial charge in [-0.05, 0) is 13.8 Å². The smallest absolute Gasteiger partial charge is 0.145 e. The van der Waals surface area contributed by atoms with Crippen molar-refractivity contribution in [2.45, 2.75) is 46.1 Å². The van der Waals surface area contributed by atoms with Crippen molar-refractivity contribution in [3.05, 3.63) is 11.8 Å². The molecule has 1 aromatic heterocycles. The molecule has 0 amide bonds. The van der Waals surface area contributed by atoms with Crippen molar-refractivity contribution < 1.29 is 0 Å². The van der Waals surface area contributed by atoms with E-state index in [1.807, 2.05) is 10.7 Å². The lowest BCUT2D eigenvalue weighted by molar-refractivity contribution is 0.447. The summed E-state index contributed by atoms with van der Waals surface area (Å²) in [6.07, 6.45) is 0. The van der Waals surface area contributed by atoms with E-state index >= 15 is 0 Å². The second-order valence-corrected chi connectivity index (χ2v) is 4.74. The number of nitrogen functional groups attached to an aromatic ring is 1. The zero-order valence-corrected chi connectivity index (χ0v) is 9.13. The predicted octanol–water partition coefficient (Wildman–Crippen LogP) is 2.34. The highest BCUT2D eigenvalue weighted by Crippen LogP contribution is 2.26. The third-order valence-corrected chi connectivity index (χ3v) is 2.01. The number of hydrogen-bond donors (Lipinski definition) is 1. The summed E-state index contributed by atoms with van der Waals surface area (Å²) in [5, 5.41) is 4.27. The predicted molar refractivity (Wildman–Crippen MR) is 55.7 cm³/mol. The zero-order chi connectivity index (χ0) is 10.2. The van der Waals surface area contributed by atoms with Crippen molar-refractivity contribution in [1.29, 1.82) is 0 Å².